The number of ether oxygens (including phenoxy) is 2. The van der Waals surface area contributed by atoms with Crippen molar-refractivity contribution in [2.75, 3.05) is 20.2 Å². The highest BCUT2D eigenvalue weighted by molar-refractivity contribution is 5.81. The van der Waals surface area contributed by atoms with Crippen LogP contribution in [0.2, 0.25) is 0 Å². The number of carbonyl (C=O) groups excluding carboxylic acids is 1. The number of hydrogen-bond acceptors (Lipinski definition) is 3. The fourth-order valence-electron chi connectivity index (χ4n) is 2.62. The average Bonchev–Trinajstić information content (AvgIpc) is 2.81. The molecule has 1 fully saturated rings. The first-order valence-electron chi connectivity index (χ1n) is 7.84. The zero-order chi connectivity index (χ0) is 15.1. The third-order valence-corrected chi connectivity index (χ3v) is 3.90. The Balaban J connectivity index is 1.98. The Kier molecular flexibility index (Phi) is 5.90. The lowest BCUT2D eigenvalue weighted by Gasteiger charge is -2.26. The standard InChI is InChI=1S/C17H25NO3/c1-3-16(17(19)18-12-6-4-5-7-13-18)21-15-10-8-14(20-2)9-11-15/h8-11,16H,3-7,12-13H2,1-2H3/t16-/m0/s1. The molecule has 0 bridgehead atoms. The quantitative estimate of drug-likeness (QED) is 0.836. The smallest absolute Gasteiger partial charge is 0.263 e. The molecule has 1 aliphatic heterocycles. The van der Waals surface area contributed by atoms with Crippen molar-refractivity contribution < 1.29 is 14.3 Å². The second-order valence-electron chi connectivity index (χ2n) is 5.43. The van der Waals surface area contributed by atoms with Crippen molar-refractivity contribution >= 4 is 5.91 Å². The summed E-state index contributed by atoms with van der Waals surface area (Å²) < 4.78 is 11.0. The minimum atomic E-state index is -0.392. The molecule has 4 heteroatoms. The van der Waals surface area contributed by atoms with E-state index in [1.54, 1.807) is 7.11 Å². The Morgan fingerprint density at radius 1 is 1.10 bits per heavy atom. The first-order chi connectivity index (χ1) is 10.2. The third-order valence-electron chi connectivity index (χ3n) is 3.90. The van der Waals surface area contributed by atoms with Gasteiger partial charge >= 0.3 is 0 Å². The van der Waals surface area contributed by atoms with Crippen LogP contribution in [-0.2, 0) is 4.79 Å². The topological polar surface area (TPSA) is 38.8 Å². The third kappa shape index (κ3) is 4.38. The van der Waals surface area contributed by atoms with Crippen molar-refractivity contribution in [2.24, 2.45) is 0 Å². The number of nitrogens with zero attached hydrogens (tertiary/aromatic N) is 1. The van der Waals surface area contributed by atoms with Crippen LogP contribution >= 0.6 is 0 Å². The summed E-state index contributed by atoms with van der Waals surface area (Å²) in [5.74, 6) is 1.62. The summed E-state index contributed by atoms with van der Waals surface area (Å²) in [6.07, 6.45) is 4.94. The Morgan fingerprint density at radius 2 is 1.67 bits per heavy atom. The summed E-state index contributed by atoms with van der Waals surface area (Å²) >= 11 is 0. The fraction of sp³-hybridized carbons (Fsp3) is 0.588. The molecule has 116 valence electrons. The van der Waals surface area contributed by atoms with E-state index in [0.29, 0.717) is 12.2 Å². The van der Waals surface area contributed by atoms with Crippen molar-refractivity contribution in [3.8, 4) is 11.5 Å². The Hall–Kier alpha value is -1.71. The van der Waals surface area contributed by atoms with Crippen LogP contribution in [0.1, 0.15) is 39.0 Å². The zero-order valence-electron chi connectivity index (χ0n) is 13.0. The zero-order valence-corrected chi connectivity index (χ0v) is 13.0. The molecule has 0 N–H and O–H groups in total. The molecule has 0 aromatic heterocycles. The van der Waals surface area contributed by atoms with Gasteiger partial charge in [0.25, 0.3) is 5.91 Å². The van der Waals surface area contributed by atoms with Gasteiger partial charge in [0, 0.05) is 13.1 Å². The van der Waals surface area contributed by atoms with E-state index in [0.717, 1.165) is 31.7 Å². The molecule has 1 aromatic rings. The van der Waals surface area contributed by atoms with Gasteiger partial charge in [0.1, 0.15) is 11.5 Å². The van der Waals surface area contributed by atoms with E-state index in [4.69, 9.17) is 9.47 Å². The predicted molar refractivity (Wildman–Crippen MR) is 82.7 cm³/mol. The van der Waals surface area contributed by atoms with E-state index in [1.165, 1.54) is 12.8 Å². The van der Waals surface area contributed by atoms with Crippen LogP contribution in [0.15, 0.2) is 24.3 Å². The SMILES string of the molecule is CC[C@H](Oc1ccc(OC)cc1)C(=O)N1CCCCCC1. The molecule has 0 saturated carbocycles. The minimum absolute atomic E-state index is 0.121. The molecule has 1 aliphatic rings. The van der Waals surface area contributed by atoms with E-state index in [2.05, 4.69) is 0 Å². The van der Waals surface area contributed by atoms with Gasteiger partial charge in [-0.3, -0.25) is 4.79 Å². The van der Waals surface area contributed by atoms with Crippen molar-refractivity contribution in [1.29, 1.82) is 0 Å². The number of carbonyl (C=O) groups is 1. The Labute approximate surface area is 127 Å². The van der Waals surface area contributed by atoms with Crippen molar-refractivity contribution in [1.82, 2.24) is 4.90 Å². The van der Waals surface area contributed by atoms with Crippen LogP contribution in [0.5, 0.6) is 11.5 Å². The van der Waals surface area contributed by atoms with Gasteiger partial charge in [-0.15, -0.1) is 0 Å². The van der Waals surface area contributed by atoms with Crippen LogP contribution in [-0.4, -0.2) is 37.1 Å². The number of amides is 1. The van der Waals surface area contributed by atoms with E-state index in [1.807, 2.05) is 36.1 Å². The molecule has 1 amide bonds. The molecule has 0 aliphatic carbocycles. The monoisotopic (exact) mass is 291 g/mol. The molecular weight excluding hydrogens is 266 g/mol. The lowest BCUT2D eigenvalue weighted by molar-refractivity contribution is -0.138. The lowest BCUT2D eigenvalue weighted by atomic mass is 10.2. The van der Waals surface area contributed by atoms with Crippen LogP contribution < -0.4 is 9.47 Å². The summed E-state index contributed by atoms with van der Waals surface area (Å²) in [5.41, 5.74) is 0. The first-order valence-corrected chi connectivity index (χ1v) is 7.84. The first kappa shape index (κ1) is 15.7. The summed E-state index contributed by atoms with van der Waals surface area (Å²) in [6.45, 7) is 3.71. The van der Waals surface area contributed by atoms with Gasteiger partial charge in [-0.05, 0) is 43.5 Å². The highest BCUT2D eigenvalue weighted by atomic mass is 16.5. The molecule has 1 saturated heterocycles. The molecule has 1 atom stereocenters. The molecule has 1 heterocycles. The molecule has 4 nitrogen and oxygen atoms in total. The van der Waals surface area contributed by atoms with Crippen molar-refractivity contribution in [3.63, 3.8) is 0 Å². The molecule has 1 aromatic carbocycles. The van der Waals surface area contributed by atoms with Crippen molar-refractivity contribution in [3.05, 3.63) is 24.3 Å². The van der Waals surface area contributed by atoms with E-state index in [-0.39, 0.29) is 5.91 Å². The number of rotatable bonds is 5. The maximum atomic E-state index is 12.6. The molecule has 0 unspecified atom stereocenters. The number of benzene rings is 1. The summed E-state index contributed by atoms with van der Waals surface area (Å²) in [4.78, 5) is 14.5. The molecular formula is C17H25NO3. The van der Waals surface area contributed by atoms with E-state index in [9.17, 15) is 4.79 Å². The van der Waals surface area contributed by atoms with Crippen molar-refractivity contribution in [2.45, 2.75) is 45.1 Å². The minimum Gasteiger partial charge on any atom is -0.497 e. The predicted octanol–water partition coefficient (Wildman–Crippen LogP) is 3.26. The summed E-state index contributed by atoms with van der Waals surface area (Å²) in [6, 6.07) is 7.38. The van der Waals surface area contributed by atoms with Gasteiger partial charge in [0.15, 0.2) is 6.10 Å². The number of likely N-dealkylation sites (tertiary alicyclic amines) is 1. The van der Waals surface area contributed by atoms with E-state index >= 15 is 0 Å². The second-order valence-corrected chi connectivity index (χ2v) is 5.43. The average molecular weight is 291 g/mol. The highest BCUT2D eigenvalue weighted by Crippen LogP contribution is 2.20. The maximum Gasteiger partial charge on any atom is 0.263 e. The largest absolute Gasteiger partial charge is 0.497 e. The van der Waals surface area contributed by atoms with Gasteiger partial charge in [0.05, 0.1) is 7.11 Å². The molecule has 0 radical (unpaired) electrons. The van der Waals surface area contributed by atoms with Crippen LogP contribution in [0, 0.1) is 0 Å². The normalized spacial score (nSPS) is 17.0. The maximum absolute atomic E-state index is 12.6. The van der Waals surface area contributed by atoms with E-state index < -0.39 is 6.10 Å². The number of methoxy groups -OCH3 is 1. The number of hydrogen-bond donors (Lipinski definition) is 0. The Morgan fingerprint density at radius 3 is 2.19 bits per heavy atom. The van der Waals surface area contributed by atoms with Gasteiger partial charge in [0.2, 0.25) is 0 Å². The molecule has 2 rings (SSSR count). The summed E-state index contributed by atoms with van der Waals surface area (Å²) in [7, 11) is 1.63. The second kappa shape index (κ2) is 7.91. The van der Waals surface area contributed by atoms with Gasteiger partial charge in [-0.2, -0.15) is 0 Å². The van der Waals surface area contributed by atoms with Crippen LogP contribution in [0.3, 0.4) is 0 Å². The summed E-state index contributed by atoms with van der Waals surface area (Å²) in [5, 5.41) is 0. The molecule has 21 heavy (non-hydrogen) atoms. The van der Waals surface area contributed by atoms with Gasteiger partial charge in [-0.25, -0.2) is 0 Å². The molecule has 0 spiro atoms. The lowest BCUT2D eigenvalue weighted by Crippen LogP contribution is -2.42. The van der Waals surface area contributed by atoms with Gasteiger partial charge < -0.3 is 14.4 Å². The Bertz CT molecular complexity index is 436. The fourth-order valence-corrected chi connectivity index (χ4v) is 2.62. The van der Waals surface area contributed by atoms with Gasteiger partial charge in [-0.1, -0.05) is 19.8 Å². The van der Waals surface area contributed by atoms with Crippen LogP contribution in [0.4, 0.5) is 0 Å². The van der Waals surface area contributed by atoms with Crippen LogP contribution in [0.25, 0.3) is 0 Å². The highest BCUT2D eigenvalue weighted by Gasteiger charge is 2.25.